The summed E-state index contributed by atoms with van der Waals surface area (Å²) in [5, 5.41) is 44.5. The Bertz CT molecular complexity index is 1160. The van der Waals surface area contributed by atoms with Gasteiger partial charge in [0, 0.05) is 46.0 Å². The SMILES string of the molecule is Cc1c(O)c(O)c(SOSc2c(O)c(O)c(C)c3ccccc23)c2ccccc12. The van der Waals surface area contributed by atoms with E-state index in [-0.39, 0.29) is 23.0 Å². The molecule has 0 fully saturated rings. The highest BCUT2D eigenvalue weighted by Gasteiger charge is 2.20. The minimum atomic E-state index is -0.257. The van der Waals surface area contributed by atoms with Crippen molar-refractivity contribution in [1.29, 1.82) is 0 Å². The van der Waals surface area contributed by atoms with Crippen molar-refractivity contribution in [2.45, 2.75) is 23.6 Å². The molecule has 0 spiro atoms. The summed E-state index contributed by atoms with van der Waals surface area (Å²) < 4.78 is 5.66. The van der Waals surface area contributed by atoms with Crippen LogP contribution in [0.3, 0.4) is 0 Å². The first kappa shape index (κ1) is 19.6. The predicted octanol–water partition coefficient (Wildman–Crippen LogP) is 6.16. The second-order valence-corrected chi connectivity index (χ2v) is 8.32. The summed E-state index contributed by atoms with van der Waals surface area (Å²) in [6.45, 7) is 3.47. The van der Waals surface area contributed by atoms with Gasteiger partial charge in [0.25, 0.3) is 0 Å². The van der Waals surface area contributed by atoms with E-state index in [0.717, 1.165) is 45.6 Å². The molecule has 4 rings (SSSR count). The number of hydrogen-bond acceptors (Lipinski definition) is 7. The molecule has 148 valence electrons. The molecule has 0 saturated carbocycles. The molecule has 4 N–H and O–H groups in total. The second-order valence-electron chi connectivity index (χ2n) is 6.63. The highest BCUT2D eigenvalue weighted by molar-refractivity contribution is 8.08. The zero-order chi connectivity index (χ0) is 20.7. The van der Waals surface area contributed by atoms with Gasteiger partial charge < -0.3 is 20.4 Å². The van der Waals surface area contributed by atoms with Gasteiger partial charge in [0.05, 0.1) is 9.79 Å². The Balaban J connectivity index is 1.71. The van der Waals surface area contributed by atoms with Crippen LogP contribution >= 0.6 is 24.1 Å². The third-order valence-electron chi connectivity index (χ3n) is 4.98. The molecule has 0 aliphatic rings. The van der Waals surface area contributed by atoms with Crippen LogP contribution in [-0.2, 0) is 3.63 Å². The van der Waals surface area contributed by atoms with Crippen LogP contribution in [0.25, 0.3) is 21.5 Å². The molecule has 5 nitrogen and oxygen atoms in total. The van der Waals surface area contributed by atoms with Gasteiger partial charge in [0.15, 0.2) is 23.0 Å². The molecule has 0 amide bonds. The van der Waals surface area contributed by atoms with Crippen molar-refractivity contribution in [2.24, 2.45) is 0 Å². The maximum Gasteiger partial charge on any atom is 0.174 e. The van der Waals surface area contributed by atoms with Gasteiger partial charge in [-0.1, -0.05) is 48.5 Å². The fourth-order valence-electron chi connectivity index (χ4n) is 3.35. The van der Waals surface area contributed by atoms with E-state index in [2.05, 4.69) is 0 Å². The van der Waals surface area contributed by atoms with Crippen LogP contribution in [0, 0.1) is 13.8 Å². The van der Waals surface area contributed by atoms with Gasteiger partial charge in [0.1, 0.15) is 0 Å². The number of benzene rings is 4. The van der Waals surface area contributed by atoms with E-state index < -0.39 is 0 Å². The topological polar surface area (TPSA) is 90.2 Å². The molecule has 4 aromatic carbocycles. The summed E-state index contributed by atoms with van der Waals surface area (Å²) in [5.41, 5.74) is 1.17. The molecule has 0 radical (unpaired) electrons. The predicted molar refractivity (Wildman–Crippen MR) is 117 cm³/mol. The zero-order valence-electron chi connectivity index (χ0n) is 15.6. The smallest absolute Gasteiger partial charge is 0.174 e. The molecule has 0 atom stereocenters. The Morgan fingerprint density at radius 3 is 1.28 bits per heavy atom. The van der Waals surface area contributed by atoms with Crippen LogP contribution < -0.4 is 0 Å². The number of fused-ring (bicyclic) bond motifs is 2. The van der Waals surface area contributed by atoms with Gasteiger partial charge in [-0.3, -0.25) is 0 Å². The van der Waals surface area contributed by atoms with Crippen LogP contribution in [0.1, 0.15) is 11.1 Å². The first-order valence-electron chi connectivity index (χ1n) is 8.79. The number of rotatable bonds is 4. The Morgan fingerprint density at radius 2 is 0.897 bits per heavy atom. The maximum atomic E-state index is 10.4. The molecule has 0 unspecified atom stereocenters. The zero-order valence-corrected chi connectivity index (χ0v) is 17.3. The van der Waals surface area contributed by atoms with Gasteiger partial charge in [-0.15, -0.1) is 0 Å². The van der Waals surface area contributed by atoms with Crippen molar-refractivity contribution in [2.75, 3.05) is 0 Å². The number of aryl methyl sites for hydroxylation is 2. The number of hydrogen-bond donors (Lipinski definition) is 4. The van der Waals surface area contributed by atoms with E-state index in [1.54, 1.807) is 13.8 Å². The normalized spacial score (nSPS) is 11.4. The lowest BCUT2D eigenvalue weighted by Crippen LogP contribution is -1.87. The summed E-state index contributed by atoms with van der Waals surface area (Å²) in [4.78, 5) is 0.743. The lowest BCUT2D eigenvalue weighted by Gasteiger charge is -2.14. The lowest BCUT2D eigenvalue weighted by molar-refractivity contribution is 0.393. The van der Waals surface area contributed by atoms with Crippen molar-refractivity contribution in [3.8, 4) is 23.0 Å². The third kappa shape index (κ3) is 3.21. The fourth-order valence-corrected chi connectivity index (χ4v) is 4.92. The fraction of sp³-hybridized carbons (Fsp3) is 0.0909. The van der Waals surface area contributed by atoms with Gasteiger partial charge in [0.2, 0.25) is 0 Å². The van der Waals surface area contributed by atoms with Crippen molar-refractivity contribution in [3.05, 3.63) is 59.7 Å². The minimum Gasteiger partial charge on any atom is -0.504 e. The molecular weight excluding hydrogens is 408 g/mol. The molecule has 0 aliphatic carbocycles. The first-order chi connectivity index (χ1) is 13.9. The minimum absolute atomic E-state index is 0.193. The van der Waals surface area contributed by atoms with E-state index in [9.17, 15) is 20.4 Å². The first-order valence-corrected chi connectivity index (χ1v) is 10.3. The summed E-state index contributed by atoms with van der Waals surface area (Å²) >= 11 is 1.76. The molecule has 0 bridgehead atoms. The second kappa shape index (κ2) is 7.59. The Labute approximate surface area is 176 Å². The maximum absolute atomic E-state index is 10.4. The summed E-state index contributed by atoms with van der Waals surface area (Å²) in [7, 11) is 0. The molecule has 0 aromatic heterocycles. The number of phenolic OH excluding ortho intramolecular Hbond substituents is 4. The average Bonchev–Trinajstić information content (AvgIpc) is 2.75. The third-order valence-corrected chi connectivity index (χ3v) is 6.68. The van der Waals surface area contributed by atoms with E-state index >= 15 is 0 Å². The van der Waals surface area contributed by atoms with Crippen molar-refractivity contribution >= 4 is 45.6 Å². The van der Waals surface area contributed by atoms with Crippen LogP contribution in [0.2, 0.25) is 0 Å². The molecule has 4 aromatic rings. The Kier molecular flexibility index (Phi) is 5.12. The van der Waals surface area contributed by atoms with Gasteiger partial charge in [-0.2, -0.15) is 0 Å². The summed E-state index contributed by atoms with van der Waals surface area (Å²) in [6, 6.07) is 14.8. The van der Waals surface area contributed by atoms with Crippen molar-refractivity contribution < 1.29 is 24.1 Å². The highest BCUT2D eigenvalue weighted by Crippen LogP contribution is 2.50. The van der Waals surface area contributed by atoms with Crippen LogP contribution in [0.4, 0.5) is 0 Å². The average molecular weight is 427 g/mol. The van der Waals surface area contributed by atoms with Gasteiger partial charge in [-0.25, -0.2) is 3.63 Å². The van der Waals surface area contributed by atoms with Crippen molar-refractivity contribution in [3.63, 3.8) is 0 Å². The van der Waals surface area contributed by atoms with Crippen LogP contribution in [0.15, 0.2) is 58.3 Å². The van der Waals surface area contributed by atoms with E-state index in [0.29, 0.717) is 20.9 Å². The highest BCUT2D eigenvalue weighted by atomic mass is 32.2. The lowest BCUT2D eigenvalue weighted by atomic mass is 10.0. The van der Waals surface area contributed by atoms with Crippen molar-refractivity contribution in [1.82, 2.24) is 0 Å². The van der Waals surface area contributed by atoms with Crippen LogP contribution in [0.5, 0.6) is 23.0 Å². The number of aromatic hydroxyl groups is 4. The molecule has 0 aliphatic heterocycles. The Morgan fingerprint density at radius 1 is 0.552 bits per heavy atom. The van der Waals surface area contributed by atoms with E-state index in [1.807, 2.05) is 48.5 Å². The van der Waals surface area contributed by atoms with Gasteiger partial charge >= 0.3 is 0 Å². The summed E-state index contributed by atoms with van der Waals surface area (Å²) in [5.74, 6) is -0.901. The van der Waals surface area contributed by atoms with E-state index in [1.165, 1.54) is 0 Å². The molecule has 0 heterocycles. The molecular formula is C22H18O5S2. The monoisotopic (exact) mass is 426 g/mol. The van der Waals surface area contributed by atoms with Crippen LogP contribution in [-0.4, -0.2) is 20.4 Å². The molecule has 0 saturated heterocycles. The quantitative estimate of drug-likeness (QED) is 0.229. The Hall–Kier alpha value is -2.74. The van der Waals surface area contributed by atoms with Gasteiger partial charge in [-0.05, 0) is 24.6 Å². The summed E-state index contributed by atoms with van der Waals surface area (Å²) in [6.07, 6.45) is 0. The standard InChI is InChI=1S/C22H18O5S2/c1-11-13-7-3-5-9-15(13)21(19(25)17(11)23)28-27-29-22-16-10-6-4-8-14(16)12(2)18(24)20(22)26/h3-10,23-26H,1-2H3. The molecule has 29 heavy (non-hydrogen) atoms. The largest absolute Gasteiger partial charge is 0.504 e. The number of phenols is 4. The van der Waals surface area contributed by atoms with E-state index in [4.69, 9.17) is 3.63 Å². The molecule has 7 heteroatoms.